The number of ether oxygens (including phenoxy) is 1. The van der Waals surface area contributed by atoms with E-state index in [1.54, 1.807) is 7.11 Å². The monoisotopic (exact) mass is 293 g/mol. The number of imidazole rings is 1. The van der Waals surface area contributed by atoms with E-state index < -0.39 is 0 Å². The molecule has 1 aromatic heterocycles. The summed E-state index contributed by atoms with van der Waals surface area (Å²) in [5.41, 5.74) is 1.20. The van der Waals surface area contributed by atoms with Crippen molar-refractivity contribution in [3.05, 3.63) is 17.7 Å². The van der Waals surface area contributed by atoms with E-state index in [4.69, 9.17) is 4.74 Å². The summed E-state index contributed by atoms with van der Waals surface area (Å²) in [6.07, 6.45) is 5.94. The predicted molar refractivity (Wildman–Crippen MR) is 81.9 cm³/mol. The molecule has 5 nitrogen and oxygen atoms in total. The van der Waals surface area contributed by atoms with Crippen LogP contribution in [-0.2, 0) is 22.7 Å². The second kappa shape index (κ2) is 7.59. The van der Waals surface area contributed by atoms with Crippen LogP contribution in [0.5, 0.6) is 0 Å². The van der Waals surface area contributed by atoms with E-state index >= 15 is 0 Å². The van der Waals surface area contributed by atoms with E-state index in [9.17, 15) is 4.79 Å². The Morgan fingerprint density at radius 3 is 2.76 bits per heavy atom. The Hall–Kier alpha value is -1.36. The molecule has 0 N–H and O–H groups in total. The van der Waals surface area contributed by atoms with E-state index in [0.717, 1.165) is 44.7 Å². The second-order valence-corrected chi connectivity index (χ2v) is 5.87. The molecule has 21 heavy (non-hydrogen) atoms. The van der Waals surface area contributed by atoms with Crippen LogP contribution in [-0.4, -0.2) is 40.6 Å². The molecule has 0 radical (unpaired) electrons. The van der Waals surface area contributed by atoms with Crippen LogP contribution in [0.15, 0.2) is 6.20 Å². The van der Waals surface area contributed by atoms with Crippen molar-refractivity contribution in [2.24, 2.45) is 5.92 Å². The number of amides is 1. The number of piperidine rings is 1. The molecular weight excluding hydrogens is 266 g/mol. The SMILES string of the molecule is CCC(=O)N1CCC(CCn2c(C)cnc2COC)CC1. The number of rotatable bonds is 6. The number of hydrogen-bond acceptors (Lipinski definition) is 3. The minimum absolute atomic E-state index is 0.293. The lowest BCUT2D eigenvalue weighted by atomic mass is 9.93. The van der Waals surface area contributed by atoms with Crippen molar-refractivity contribution < 1.29 is 9.53 Å². The molecule has 0 aromatic carbocycles. The highest BCUT2D eigenvalue weighted by atomic mass is 16.5. The molecule has 1 aromatic rings. The first-order valence-electron chi connectivity index (χ1n) is 7.93. The molecule has 1 aliphatic heterocycles. The van der Waals surface area contributed by atoms with Crippen LogP contribution < -0.4 is 0 Å². The number of likely N-dealkylation sites (tertiary alicyclic amines) is 1. The van der Waals surface area contributed by atoms with Gasteiger partial charge in [-0.25, -0.2) is 4.98 Å². The van der Waals surface area contributed by atoms with Gasteiger partial charge in [0.05, 0.1) is 0 Å². The first-order valence-corrected chi connectivity index (χ1v) is 7.93. The molecule has 5 heteroatoms. The van der Waals surface area contributed by atoms with Gasteiger partial charge in [-0.15, -0.1) is 0 Å². The Bertz CT molecular complexity index is 462. The first kappa shape index (κ1) is 16.0. The zero-order valence-electron chi connectivity index (χ0n) is 13.5. The Morgan fingerprint density at radius 2 is 2.14 bits per heavy atom. The lowest BCUT2D eigenvalue weighted by molar-refractivity contribution is -0.132. The lowest BCUT2D eigenvalue weighted by Gasteiger charge is -2.32. The highest BCUT2D eigenvalue weighted by Gasteiger charge is 2.22. The number of hydrogen-bond donors (Lipinski definition) is 0. The average molecular weight is 293 g/mol. The van der Waals surface area contributed by atoms with Crippen LogP contribution in [0.3, 0.4) is 0 Å². The van der Waals surface area contributed by atoms with Crippen molar-refractivity contribution in [3.8, 4) is 0 Å². The quantitative estimate of drug-likeness (QED) is 0.809. The topological polar surface area (TPSA) is 47.4 Å². The number of carbonyl (C=O) groups excluding carboxylic acids is 1. The van der Waals surface area contributed by atoms with Crippen LogP contribution in [0.1, 0.15) is 44.1 Å². The number of methoxy groups -OCH3 is 1. The lowest BCUT2D eigenvalue weighted by Crippen LogP contribution is -2.38. The molecule has 0 unspecified atom stereocenters. The maximum absolute atomic E-state index is 11.7. The molecule has 0 aliphatic carbocycles. The highest BCUT2D eigenvalue weighted by molar-refractivity contribution is 5.75. The van der Waals surface area contributed by atoms with Crippen molar-refractivity contribution in [2.75, 3.05) is 20.2 Å². The fourth-order valence-electron chi connectivity index (χ4n) is 3.07. The molecule has 118 valence electrons. The molecule has 0 bridgehead atoms. The summed E-state index contributed by atoms with van der Waals surface area (Å²) in [7, 11) is 1.70. The maximum Gasteiger partial charge on any atom is 0.222 e. The molecule has 0 saturated carbocycles. The number of aryl methyl sites for hydroxylation is 1. The zero-order valence-corrected chi connectivity index (χ0v) is 13.5. The summed E-state index contributed by atoms with van der Waals surface area (Å²) in [6, 6.07) is 0. The Morgan fingerprint density at radius 1 is 1.43 bits per heavy atom. The molecule has 1 amide bonds. The highest BCUT2D eigenvalue weighted by Crippen LogP contribution is 2.22. The van der Waals surface area contributed by atoms with Gasteiger partial charge in [0.1, 0.15) is 12.4 Å². The van der Waals surface area contributed by atoms with Gasteiger partial charge >= 0.3 is 0 Å². The summed E-state index contributed by atoms with van der Waals surface area (Å²) in [5.74, 6) is 2.01. The van der Waals surface area contributed by atoms with Crippen LogP contribution in [0.4, 0.5) is 0 Å². The van der Waals surface area contributed by atoms with Gasteiger partial charge in [-0.05, 0) is 32.1 Å². The van der Waals surface area contributed by atoms with Gasteiger partial charge < -0.3 is 14.2 Å². The van der Waals surface area contributed by atoms with Crippen molar-refractivity contribution in [2.45, 2.75) is 52.7 Å². The Labute approximate surface area is 127 Å². The third kappa shape index (κ3) is 4.06. The molecule has 2 rings (SSSR count). The molecular formula is C16H27N3O2. The van der Waals surface area contributed by atoms with Crippen molar-refractivity contribution in [3.63, 3.8) is 0 Å². The van der Waals surface area contributed by atoms with E-state index in [2.05, 4.69) is 16.5 Å². The Balaban J connectivity index is 1.82. The summed E-state index contributed by atoms with van der Waals surface area (Å²) in [4.78, 5) is 18.1. The zero-order chi connectivity index (χ0) is 15.2. The van der Waals surface area contributed by atoms with Crippen LogP contribution in [0, 0.1) is 12.8 Å². The predicted octanol–water partition coefficient (Wildman–Crippen LogP) is 2.38. The third-order valence-corrected chi connectivity index (χ3v) is 4.44. The molecule has 1 aliphatic rings. The van der Waals surface area contributed by atoms with Gasteiger partial charge in [0.2, 0.25) is 5.91 Å². The largest absolute Gasteiger partial charge is 0.377 e. The summed E-state index contributed by atoms with van der Waals surface area (Å²) >= 11 is 0. The van der Waals surface area contributed by atoms with E-state index in [1.807, 2.05) is 18.0 Å². The van der Waals surface area contributed by atoms with Gasteiger partial charge in [0, 0.05) is 45.1 Å². The molecule has 1 fully saturated rings. The Kier molecular flexibility index (Phi) is 5.79. The van der Waals surface area contributed by atoms with Gasteiger partial charge in [0.25, 0.3) is 0 Å². The van der Waals surface area contributed by atoms with E-state index in [0.29, 0.717) is 24.9 Å². The normalized spacial score (nSPS) is 16.4. The number of nitrogens with zero attached hydrogens (tertiary/aromatic N) is 3. The minimum atomic E-state index is 0.293. The number of carbonyl (C=O) groups is 1. The standard InChI is InChI=1S/C16H27N3O2/c1-4-16(20)18-8-5-14(6-9-18)7-10-19-13(2)11-17-15(19)12-21-3/h11,14H,4-10,12H2,1-3H3. The van der Waals surface area contributed by atoms with Gasteiger partial charge in [0.15, 0.2) is 0 Å². The van der Waals surface area contributed by atoms with Crippen molar-refractivity contribution in [1.29, 1.82) is 0 Å². The summed E-state index contributed by atoms with van der Waals surface area (Å²) < 4.78 is 7.46. The van der Waals surface area contributed by atoms with Crippen LogP contribution in [0.2, 0.25) is 0 Å². The van der Waals surface area contributed by atoms with Gasteiger partial charge in [-0.2, -0.15) is 0 Å². The maximum atomic E-state index is 11.7. The van der Waals surface area contributed by atoms with Crippen LogP contribution >= 0.6 is 0 Å². The third-order valence-electron chi connectivity index (χ3n) is 4.44. The van der Waals surface area contributed by atoms with E-state index in [1.165, 1.54) is 5.69 Å². The summed E-state index contributed by atoms with van der Waals surface area (Å²) in [5, 5.41) is 0. The molecule has 0 atom stereocenters. The van der Waals surface area contributed by atoms with Crippen molar-refractivity contribution >= 4 is 5.91 Å². The minimum Gasteiger partial charge on any atom is -0.377 e. The fourth-order valence-corrected chi connectivity index (χ4v) is 3.07. The molecule has 2 heterocycles. The van der Waals surface area contributed by atoms with Gasteiger partial charge in [-0.1, -0.05) is 6.92 Å². The first-order chi connectivity index (χ1) is 10.2. The van der Waals surface area contributed by atoms with Crippen molar-refractivity contribution in [1.82, 2.24) is 14.5 Å². The smallest absolute Gasteiger partial charge is 0.222 e. The summed E-state index contributed by atoms with van der Waals surface area (Å²) in [6.45, 7) is 7.44. The molecule has 1 saturated heterocycles. The fraction of sp³-hybridized carbons (Fsp3) is 0.750. The van der Waals surface area contributed by atoms with Crippen LogP contribution in [0.25, 0.3) is 0 Å². The molecule has 0 spiro atoms. The van der Waals surface area contributed by atoms with E-state index in [-0.39, 0.29) is 0 Å². The average Bonchev–Trinajstić information content (AvgIpc) is 2.86. The second-order valence-electron chi connectivity index (χ2n) is 5.87. The van der Waals surface area contributed by atoms with Gasteiger partial charge in [-0.3, -0.25) is 4.79 Å². The number of aromatic nitrogens is 2.